The molecule has 0 aliphatic carbocycles. The van der Waals surface area contributed by atoms with Gasteiger partial charge in [0.15, 0.2) is 5.67 Å². The highest BCUT2D eigenvalue weighted by molar-refractivity contribution is 5.84. The summed E-state index contributed by atoms with van der Waals surface area (Å²) in [5.74, 6) is 4.90. The number of halogens is 1. The Labute approximate surface area is 70.9 Å². The van der Waals surface area contributed by atoms with Crippen molar-refractivity contribution in [2.75, 3.05) is 20.1 Å². The van der Waals surface area contributed by atoms with E-state index in [9.17, 15) is 9.18 Å². The number of nitrogens with zero attached hydrogens (tertiary/aromatic N) is 1. The number of piperidine rings is 1. The number of hydrogen-bond donors (Lipinski definition) is 2. The van der Waals surface area contributed by atoms with Crippen LogP contribution in [0.3, 0.4) is 0 Å². The largest absolute Gasteiger partial charge is 0.356 e. The first-order chi connectivity index (χ1) is 5.58. The summed E-state index contributed by atoms with van der Waals surface area (Å²) in [4.78, 5) is 11.0. The van der Waals surface area contributed by atoms with E-state index in [-0.39, 0.29) is 12.8 Å². The summed E-state index contributed by atoms with van der Waals surface area (Å²) < 4.78 is 13.6. The number of carbonyl (C=O) groups excluding carboxylic acids is 1. The summed E-state index contributed by atoms with van der Waals surface area (Å²) in [5.41, 5.74) is -1.70. The summed E-state index contributed by atoms with van der Waals surface area (Å²) in [6.45, 7) is 0.869. The third-order valence-electron chi connectivity index (χ3n) is 2.22. The minimum atomic E-state index is -1.70. The van der Waals surface area contributed by atoms with Gasteiger partial charge in [-0.25, -0.2) is 9.40 Å². The molecule has 1 saturated heterocycles. The van der Waals surface area contributed by atoms with Crippen molar-refractivity contribution in [3.05, 3.63) is 0 Å². The molecule has 1 heterocycles. The number of nitrogens with two attached hydrogens (primary N) is 1. The molecule has 0 spiro atoms. The number of carbonyl (C=O) groups is 1. The van der Waals surface area contributed by atoms with Crippen molar-refractivity contribution >= 4 is 5.91 Å². The summed E-state index contributed by atoms with van der Waals surface area (Å²) in [6, 6.07) is 0. The molecule has 0 aromatic heterocycles. The van der Waals surface area contributed by atoms with Gasteiger partial charge in [0.25, 0.3) is 5.91 Å². The quantitative estimate of drug-likeness (QED) is 0.524. The molecule has 1 aliphatic rings. The number of amides is 1. The van der Waals surface area contributed by atoms with E-state index in [1.165, 1.54) is 12.1 Å². The van der Waals surface area contributed by atoms with E-state index in [0.717, 1.165) is 0 Å². The van der Waals surface area contributed by atoms with Crippen LogP contribution >= 0.6 is 0 Å². The van der Waals surface area contributed by atoms with Crippen molar-refractivity contribution < 1.29 is 9.18 Å². The lowest BCUT2D eigenvalue weighted by atomic mass is 9.93. The molecule has 4 nitrogen and oxygen atoms in total. The fourth-order valence-electron chi connectivity index (χ4n) is 1.33. The predicted octanol–water partition coefficient (Wildman–Crippen LogP) is -0.590. The maximum atomic E-state index is 13.6. The Hall–Kier alpha value is -0.680. The number of nitrogens with one attached hydrogen (secondary N) is 1. The molecule has 0 bridgehead atoms. The van der Waals surface area contributed by atoms with Crippen molar-refractivity contribution in [1.29, 1.82) is 0 Å². The van der Waals surface area contributed by atoms with Crippen molar-refractivity contribution in [3.8, 4) is 0 Å². The van der Waals surface area contributed by atoms with Gasteiger partial charge >= 0.3 is 0 Å². The van der Waals surface area contributed by atoms with Crippen LogP contribution < -0.4 is 11.2 Å². The van der Waals surface area contributed by atoms with E-state index in [1.807, 2.05) is 0 Å². The summed E-state index contributed by atoms with van der Waals surface area (Å²) >= 11 is 0. The van der Waals surface area contributed by atoms with Crippen LogP contribution in [0.2, 0.25) is 0 Å². The maximum absolute atomic E-state index is 13.6. The normalized spacial score (nSPS) is 23.6. The first-order valence-electron chi connectivity index (χ1n) is 3.99. The molecule has 0 unspecified atom stereocenters. The molecule has 5 heteroatoms. The van der Waals surface area contributed by atoms with Crippen molar-refractivity contribution in [3.63, 3.8) is 0 Å². The number of hydrazine groups is 1. The SMILES string of the molecule is CNC(=O)C1(F)CCN(N)CC1. The maximum Gasteiger partial charge on any atom is 0.257 e. The molecular formula is C7H14FN3O. The van der Waals surface area contributed by atoms with E-state index in [2.05, 4.69) is 5.32 Å². The van der Waals surface area contributed by atoms with E-state index >= 15 is 0 Å². The third kappa shape index (κ3) is 1.73. The molecule has 0 atom stereocenters. The minimum Gasteiger partial charge on any atom is -0.356 e. The van der Waals surface area contributed by atoms with Crippen LogP contribution in [-0.2, 0) is 4.79 Å². The molecule has 0 aromatic rings. The van der Waals surface area contributed by atoms with Gasteiger partial charge < -0.3 is 5.32 Å². The summed E-state index contributed by atoms with van der Waals surface area (Å²) in [6.07, 6.45) is 0.367. The summed E-state index contributed by atoms with van der Waals surface area (Å²) in [7, 11) is 1.44. The van der Waals surface area contributed by atoms with Gasteiger partial charge in [0.2, 0.25) is 0 Å². The van der Waals surface area contributed by atoms with E-state index < -0.39 is 11.6 Å². The van der Waals surface area contributed by atoms with Gasteiger partial charge in [-0.2, -0.15) is 0 Å². The van der Waals surface area contributed by atoms with Crippen LogP contribution in [0.4, 0.5) is 4.39 Å². The van der Waals surface area contributed by atoms with Gasteiger partial charge in [0.1, 0.15) is 0 Å². The van der Waals surface area contributed by atoms with Gasteiger partial charge in [0.05, 0.1) is 0 Å². The second kappa shape index (κ2) is 3.37. The highest BCUT2D eigenvalue weighted by atomic mass is 19.1. The van der Waals surface area contributed by atoms with Crippen molar-refractivity contribution in [2.45, 2.75) is 18.5 Å². The summed E-state index contributed by atoms with van der Waals surface area (Å²) in [5, 5.41) is 3.85. The topological polar surface area (TPSA) is 58.4 Å². The van der Waals surface area contributed by atoms with Crippen LogP contribution in [0, 0.1) is 0 Å². The minimum absolute atomic E-state index is 0.184. The Morgan fingerprint density at radius 2 is 2.08 bits per heavy atom. The third-order valence-corrected chi connectivity index (χ3v) is 2.22. The Morgan fingerprint density at radius 3 is 2.50 bits per heavy atom. The second-order valence-corrected chi connectivity index (χ2v) is 3.08. The number of rotatable bonds is 1. The molecule has 70 valence electrons. The van der Waals surface area contributed by atoms with Crippen LogP contribution in [0.5, 0.6) is 0 Å². The zero-order valence-electron chi connectivity index (χ0n) is 7.14. The lowest BCUT2D eigenvalue weighted by molar-refractivity contribution is -0.135. The fourth-order valence-corrected chi connectivity index (χ4v) is 1.33. The zero-order chi connectivity index (χ0) is 9.19. The Morgan fingerprint density at radius 1 is 1.58 bits per heavy atom. The molecule has 1 fully saturated rings. The first kappa shape index (κ1) is 9.41. The van der Waals surface area contributed by atoms with Gasteiger partial charge in [-0.15, -0.1) is 0 Å². The van der Waals surface area contributed by atoms with E-state index in [1.54, 1.807) is 0 Å². The Balaban J connectivity index is 2.55. The lowest BCUT2D eigenvalue weighted by Gasteiger charge is -2.32. The predicted molar refractivity (Wildman–Crippen MR) is 42.9 cm³/mol. The molecule has 1 amide bonds. The van der Waals surface area contributed by atoms with Gasteiger partial charge in [-0.05, 0) is 0 Å². The van der Waals surface area contributed by atoms with Gasteiger partial charge in [-0.1, -0.05) is 0 Å². The average molecular weight is 175 g/mol. The molecule has 0 saturated carbocycles. The van der Waals surface area contributed by atoms with Gasteiger partial charge in [0, 0.05) is 33.0 Å². The fraction of sp³-hybridized carbons (Fsp3) is 0.857. The molecule has 0 aromatic carbocycles. The van der Waals surface area contributed by atoms with E-state index in [0.29, 0.717) is 13.1 Å². The first-order valence-corrected chi connectivity index (χ1v) is 3.99. The van der Waals surface area contributed by atoms with Crippen molar-refractivity contribution in [1.82, 2.24) is 10.3 Å². The highest BCUT2D eigenvalue weighted by Crippen LogP contribution is 2.25. The number of alkyl halides is 1. The zero-order valence-corrected chi connectivity index (χ0v) is 7.14. The van der Waals surface area contributed by atoms with Crippen molar-refractivity contribution in [2.24, 2.45) is 5.84 Å². The van der Waals surface area contributed by atoms with E-state index in [4.69, 9.17) is 5.84 Å². The average Bonchev–Trinajstić information content (AvgIpc) is 2.09. The Bertz CT molecular complexity index is 177. The highest BCUT2D eigenvalue weighted by Gasteiger charge is 2.40. The standard InChI is InChI=1S/C7H14FN3O/c1-10-6(12)7(8)2-4-11(9)5-3-7/h2-5,9H2,1H3,(H,10,12). The van der Waals surface area contributed by atoms with Gasteiger partial charge in [-0.3, -0.25) is 10.6 Å². The van der Waals surface area contributed by atoms with Crippen LogP contribution in [0.15, 0.2) is 0 Å². The smallest absolute Gasteiger partial charge is 0.257 e. The van der Waals surface area contributed by atoms with Crippen LogP contribution in [0.25, 0.3) is 0 Å². The molecule has 1 rings (SSSR count). The second-order valence-electron chi connectivity index (χ2n) is 3.08. The Kier molecular flexibility index (Phi) is 2.64. The number of hydrogen-bond acceptors (Lipinski definition) is 3. The van der Waals surface area contributed by atoms with Crippen LogP contribution in [0.1, 0.15) is 12.8 Å². The molecule has 12 heavy (non-hydrogen) atoms. The molecule has 1 aliphatic heterocycles. The molecule has 0 radical (unpaired) electrons. The molecule has 3 N–H and O–H groups in total. The lowest BCUT2D eigenvalue weighted by Crippen LogP contribution is -2.51. The van der Waals surface area contributed by atoms with Crippen LogP contribution in [-0.4, -0.2) is 36.7 Å². The molecular weight excluding hydrogens is 161 g/mol. The monoisotopic (exact) mass is 175 g/mol.